The number of anilines is 1. The number of hydrazine groups is 1. The zero-order valence-corrected chi connectivity index (χ0v) is 11.5. The van der Waals surface area contributed by atoms with Gasteiger partial charge < -0.3 is 5.73 Å². The maximum Gasteiger partial charge on any atom is 0.128 e. The van der Waals surface area contributed by atoms with E-state index in [0.717, 1.165) is 21.3 Å². The van der Waals surface area contributed by atoms with Crippen molar-refractivity contribution in [2.75, 3.05) is 5.73 Å². The average Bonchev–Trinajstić information content (AvgIpc) is 2.37. The lowest BCUT2D eigenvalue weighted by atomic mass is 10.0. The Morgan fingerprint density at radius 1 is 1.28 bits per heavy atom. The molecular formula is C12H14BrN5. The Morgan fingerprint density at radius 3 is 2.67 bits per heavy atom. The van der Waals surface area contributed by atoms with E-state index >= 15 is 0 Å². The van der Waals surface area contributed by atoms with Crippen LogP contribution in [0.5, 0.6) is 0 Å². The van der Waals surface area contributed by atoms with E-state index in [4.69, 9.17) is 11.6 Å². The molecule has 18 heavy (non-hydrogen) atoms. The summed E-state index contributed by atoms with van der Waals surface area (Å²) in [6, 6.07) is 5.48. The van der Waals surface area contributed by atoms with Crippen LogP contribution in [-0.4, -0.2) is 9.97 Å². The third-order valence-electron chi connectivity index (χ3n) is 2.61. The standard InChI is InChI=1S/C12H14BrN5/c1-7-4-9(12(14)17-5-7)11(18-15)10-3-2-8(13)6-16-10/h2-6,11,18H,15H2,1H3,(H2,14,17). The van der Waals surface area contributed by atoms with E-state index in [1.54, 1.807) is 12.4 Å². The zero-order chi connectivity index (χ0) is 13.1. The number of halogens is 1. The fourth-order valence-electron chi connectivity index (χ4n) is 1.73. The molecule has 0 spiro atoms. The van der Waals surface area contributed by atoms with Crippen LogP contribution in [0, 0.1) is 6.92 Å². The second-order valence-electron chi connectivity index (χ2n) is 3.99. The van der Waals surface area contributed by atoms with Gasteiger partial charge in [0.15, 0.2) is 0 Å². The second-order valence-corrected chi connectivity index (χ2v) is 4.90. The third kappa shape index (κ3) is 2.66. The summed E-state index contributed by atoms with van der Waals surface area (Å²) in [5.41, 5.74) is 11.3. The highest BCUT2D eigenvalue weighted by Gasteiger charge is 2.17. The van der Waals surface area contributed by atoms with Gasteiger partial charge in [-0.25, -0.2) is 10.4 Å². The van der Waals surface area contributed by atoms with Crippen molar-refractivity contribution in [3.63, 3.8) is 0 Å². The smallest absolute Gasteiger partial charge is 0.128 e. The molecule has 0 saturated carbocycles. The number of rotatable bonds is 3. The van der Waals surface area contributed by atoms with E-state index < -0.39 is 0 Å². The number of pyridine rings is 2. The molecule has 0 aliphatic rings. The molecule has 0 aliphatic carbocycles. The molecule has 0 fully saturated rings. The van der Waals surface area contributed by atoms with Crippen LogP contribution in [-0.2, 0) is 0 Å². The predicted octanol–water partition coefficient (Wildman–Crippen LogP) is 1.68. The van der Waals surface area contributed by atoms with Crippen molar-refractivity contribution in [3.8, 4) is 0 Å². The molecule has 5 N–H and O–H groups in total. The van der Waals surface area contributed by atoms with E-state index in [9.17, 15) is 0 Å². The lowest BCUT2D eigenvalue weighted by Crippen LogP contribution is -2.30. The number of aryl methyl sites for hydroxylation is 1. The van der Waals surface area contributed by atoms with Gasteiger partial charge in [0.1, 0.15) is 5.82 Å². The van der Waals surface area contributed by atoms with Crippen molar-refractivity contribution in [1.82, 2.24) is 15.4 Å². The predicted molar refractivity (Wildman–Crippen MR) is 74.5 cm³/mol. The Labute approximate surface area is 114 Å². The number of nitrogens with two attached hydrogens (primary N) is 2. The molecule has 1 unspecified atom stereocenters. The van der Waals surface area contributed by atoms with Gasteiger partial charge in [0, 0.05) is 22.4 Å². The summed E-state index contributed by atoms with van der Waals surface area (Å²) in [6.07, 6.45) is 3.44. The molecule has 2 aromatic rings. The molecular weight excluding hydrogens is 294 g/mol. The van der Waals surface area contributed by atoms with Crippen LogP contribution < -0.4 is 17.0 Å². The van der Waals surface area contributed by atoms with E-state index in [0.29, 0.717) is 5.82 Å². The normalized spacial score (nSPS) is 12.4. The van der Waals surface area contributed by atoms with E-state index in [2.05, 4.69) is 31.3 Å². The molecule has 94 valence electrons. The van der Waals surface area contributed by atoms with Crippen LogP contribution in [0.2, 0.25) is 0 Å². The maximum atomic E-state index is 5.89. The first-order valence-corrected chi connectivity index (χ1v) is 6.20. The lowest BCUT2D eigenvalue weighted by Gasteiger charge is -2.17. The molecule has 0 aliphatic heterocycles. The van der Waals surface area contributed by atoms with Gasteiger partial charge in [-0.1, -0.05) is 0 Å². The average molecular weight is 308 g/mol. The quantitative estimate of drug-likeness (QED) is 0.593. The van der Waals surface area contributed by atoms with Crippen molar-refractivity contribution in [3.05, 3.63) is 51.9 Å². The summed E-state index contributed by atoms with van der Waals surface area (Å²) in [5, 5.41) is 0. The van der Waals surface area contributed by atoms with Gasteiger partial charge in [0.05, 0.1) is 11.7 Å². The Hall–Kier alpha value is -1.50. The number of aromatic nitrogens is 2. The SMILES string of the molecule is Cc1cnc(N)c(C(NN)c2ccc(Br)cn2)c1. The van der Waals surface area contributed by atoms with E-state index in [1.807, 2.05) is 25.1 Å². The Balaban J connectivity index is 2.44. The number of nitrogens with one attached hydrogen (secondary N) is 1. The Kier molecular flexibility index (Phi) is 3.90. The Morgan fingerprint density at radius 2 is 2.06 bits per heavy atom. The second kappa shape index (κ2) is 5.43. The fourth-order valence-corrected chi connectivity index (χ4v) is 1.96. The van der Waals surface area contributed by atoms with E-state index in [-0.39, 0.29) is 6.04 Å². The Bertz CT molecular complexity index is 541. The van der Waals surface area contributed by atoms with Gasteiger partial charge in [-0.2, -0.15) is 0 Å². The monoisotopic (exact) mass is 307 g/mol. The third-order valence-corrected chi connectivity index (χ3v) is 3.08. The van der Waals surface area contributed by atoms with Gasteiger partial charge in [-0.15, -0.1) is 0 Å². The maximum absolute atomic E-state index is 5.89. The first kappa shape index (κ1) is 12.9. The fraction of sp³-hybridized carbons (Fsp3) is 0.167. The zero-order valence-electron chi connectivity index (χ0n) is 9.89. The van der Waals surface area contributed by atoms with E-state index in [1.165, 1.54) is 0 Å². The molecule has 0 radical (unpaired) electrons. The first-order chi connectivity index (χ1) is 8.61. The summed E-state index contributed by atoms with van der Waals surface area (Å²) in [4.78, 5) is 8.46. The van der Waals surface area contributed by atoms with Crippen molar-refractivity contribution in [2.45, 2.75) is 13.0 Å². The number of nitrogen functional groups attached to an aromatic ring is 1. The summed E-state index contributed by atoms with van der Waals surface area (Å²) in [7, 11) is 0. The lowest BCUT2D eigenvalue weighted by molar-refractivity contribution is 0.620. The molecule has 2 aromatic heterocycles. The summed E-state index contributed by atoms with van der Waals surface area (Å²) in [6.45, 7) is 1.96. The van der Waals surface area contributed by atoms with Crippen molar-refractivity contribution in [1.29, 1.82) is 0 Å². The van der Waals surface area contributed by atoms with Crippen molar-refractivity contribution < 1.29 is 0 Å². The molecule has 5 nitrogen and oxygen atoms in total. The topological polar surface area (TPSA) is 89.8 Å². The number of hydrogen-bond donors (Lipinski definition) is 3. The van der Waals surface area contributed by atoms with Crippen LogP contribution in [0.4, 0.5) is 5.82 Å². The minimum absolute atomic E-state index is 0.273. The summed E-state index contributed by atoms with van der Waals surface area (Å²) >= 11 is 3.35. The summed E-state index contributed by atoms with van der Waals surface area (Å²) < 4.78 is 0.914. The number of hydrogen-bond acceptors (Lipinski definition) is 5. The minimum atomic E-state index is -0.273. The molecule has 0 saturated heterocycles. The van der Waals surface area contributed by atoms with Gasteiger partial charge in [-0.05, 0) is 46.6 Å². The highest BCUT2D eigenvalue weighted by atomic mass is 79.9. The highest BCUT2D eigenvalue weighted by molar-refractivity contribution is 9.10. The van der Waals surface area contributed by atoms with Gasteiger partial charge >= 0.3 is 0 Å². The summed E-state index contributed by atoms with van der Waals surface area (Å²) in [5.74, 6) is 6.06. The molecule has 2 heterocycles. The largest absolute Gasteiger partial charge is 0.383 e. The molecule has 6 heteroatoms. The van der Waals surface area contributed by atoms with Crippen molar-refractivity contribution >= 4 is 21.7 Å². The molecule has 0 bridgehead atoms. The molecule has 0 aromatic carbocycles. The van der Waals surface area contributed by atoms with Gasteiger partial charge in [0.2, 0.25) is 0 Å². The van der Waals surface area contributed by atoms with Gasteiger partial charge in [-0.3, -0.25) is 10.8 Å². The minimum Gasteiger partial charge on any atom is -0.383 e. The van der Waals surface area contributed by atoms with Crippen molar-refractivity contribution in [2.24, 2.45) is 5.84 Å². The van der Waals surface area contributed by atoms with Gasteiger partial charge in [0.25, 0.3) is 0 Å². The van der Waals surface area contributed by atoms with Crippen LogP contribution in [0.25, 0.3) is 0 Å². The number of nitrogens with zero attached hydrogens (tertiary/aromatic N) is 2. The van der Waals surface area contributed by atoms with Crippen LogP contribution >= 0.6 is 15.9 Å². The van der Waals surface area contributed by atoms with Crippen LogP contribution in [0.15, 0.2) is 35.1 Å². The highest BCUT2D eigenvalue weighted by Crippen LogP contribution is 2.25. The van der Waals surface area contributed by atoms with Crippen LogP contribution in [0.3, 0.4) is 0 Å². The molecule has 0 amide bonds. The molecule has 1 atom stereocenters. The molecule has 2 rings (SSSR count). The van der Waals surface area contributed by atoms with Crippen LogP contribution in [0.1, 0.15) is 22.9 Å². The first-order valence-electron chi connectivity index (χ1n) is 5.41.